The molecule has 0 bridgehead atoms. The standard InChI is InChI=1S/C22H23N3O8/c23-22(24)25-16-5-3-14(4-6-16)21(31)33-17-7-1-13(2-8-17)9-10-32-19(28)12-15(20(29)30)11-18(26)27/h1-8,15H,9-12H2,(H,26,27)(H,29,30)(H4,23,24,25)/t15-/m1/s1. The second-order valence-electron chi connectivity index (χ2n) is 6.92. The first kappa shape index (κ1) is 24.9. The summed E-state index contributed by atoms with van der Waals surface area (Å²) in [5, 5.41) is 17.6. The topological polar surface area (TPSA) is 192 Å². The van der Waals surface area contributed by atoms with Crippen molar-refractivity contribution in [1.82, 2.24) is 0 Å². The highest BCUT2D eigenvalue weighted by atomic mass is 16.5. The minimum Gasteiger partial charge on any atom is -0.481 e. The van der Waals surface area contributed by atoms with E-state index in [1.54, 1.807) is 36.4 Å². The number of esters is 2. The van der Waals surface area contributed by atoms with Gasteiger partial charge in [0.2, 0.25) is 0 Å². The number of aliphatic imine (C=N–C) groups is 1. The molecule has 0 fully saturated rings. The summed E-state index contributed by atoms with van der Waals surface area (Å²) in [4.78, 5) is 49.5. The predicted molar refractivity (Wildman–Crippen MR) is 116 cm³/mol. The minimum atomic E-state index is -1.37. The quantitative estimate of drug-likeness (QED) is 0.166. The molecule has 6 N–H and O–H groups in total. The molecule has 0 aliphatic heterocycles. The summed E-state index contributed by atoms with van der Waals surface area (Å²) in [5.41, 5.74) is 12.2. The largest absolute Gasteiger partial charge is 0.481 e. The average molecular weight is 457 g/mol. The maximum absolute atomic E-state index is 12.2. The number of carboxylic acids is 2. The van der Waals surface area contributed by atoms with Crippen LogP contribution in [0.3, 0.4) is 0 Å². The van der Waals surface area contributed by atoms with Crippen molar-refractivity contribution in [2.45, 2.75) is 19.3 Å². The number of guanidine groups is 1. The molecule has 11 nitrogen and oxygen atoms in total. The van der Waals surface area contributed by atoms with Crippen LogP contribution in [0.5, 0.6) is 5.75 Å². The molecule has 0 aliphatic rings. The van der Waals surface area contributed by atoms with Gasteiger partial charge in [0.15, 0.2) is 5.96 Å². The molecule has 1 atom stereocenters. The second kappa shape index (κ2) is 11.8. The average Bonchev–Trinajstić information content (AvgIpc) is 2.74. The van der Waals surface area contributed by atoms with Crippen LogP contribution in [-0.4, -0.2) is 46.7 Å². The number of carbonyl (C=O) groups is 4. The van der Waals surface area contributed by atoms with Crippen molar-refractivity contribution in [2.75, 3.05) is 6.61 Å². The molecule has 0 radical (unpaired) electrons. The van der Waals surface area contributed by atoms with Gasteiger partial charge in [-0.05, 0) is 42.0 Å². The fraction of sp³-hybridized carbons (Fsp3) is 0.227. The van der Waals surface area contributed by atoms with Crippen molar-refractivity contribution in [3.63, 3.8) is 0 Å². The molecule has 0 saturated heterocycles. The summed E-state index contributed by atoms with van der Waals surface area (Å²) >= 11 is 0. The minimum absolute atomic E-state index is 0.0144. The monoisotopic (exact) mass is 457 g/mol. The third kappa shape index (κ3) is 8.69. The molecule has 0 spiro atoms. The Bertz CT molecular complexity index is 1030. The molecule has 0 saturated carbocycles. The van der Waals surface area contributed by atoms with Crippen molar-refractivity contribution in [2.24, 2.45) is 22.4 Å². The first-order valence-electron chi connectivity index (χ1n) is 9.75. The SMILES string of the molecule is NC(N)=Nc1ccc(C(=O)Oc2ccc(CCOC(=O)C[C@@H](CC(=O)O)C(=O)O)cc2)cc1. The highest BCUT2D eigenvalue weighted by Crippen LogP contribution is 2.17. The van der Waals surface area contributed by atoms with E-state index in [0.717, 1.165) is 5.56 Å². The Morgan fingerprint density at radius 3 is 2.09 bits per heavy atom. The van der Waals surface area contributed by atoms with Crippen LogP contribution in [0, 0.1) is 5.92 Å². The molecule has 0 heterocycles. The number of rotatable bonds is 11. The summed E-state index contributed by atoms with van der Waals surface area (Å²) < 4.78 is 10.3. The fourth-order valence-electron chi connectivity index (χ4n) is 2.71. The molecule has 2 rings (SSSR count). The molecule has 0 amide bonds. The first-order chi connectivity index (χ1) is 15.6. The summed E-state index contributed by atoms with van der Waals surface area (Å²) in [7, 11) is 0. The first-order valence-corrected chi connectivity index (χ1v) is 9.75. The molecule has 0 unspecified atom stereocenters. The van der Waals surface area contributed by atoms with Crippen LogP contribution < -0.4 is 16.2 Å². The van der Waals surface area contributed by atoms with Crippen LogP contribution in [0.15, 0.2) is 53.5 Å². The van der Waals surface area contributed by atoms with E-state index >= 15 is 0 Å². The Balaban J connectivity index is 1.82. The Kier molecular flexibility index (Phi) is 8.92. The number of nitrogens with zero attached hydrogens (tertiary/aromatic N) is 1. The van der Waals surface area contributed by atoms with Gasteiger partial charge in [-0.25, -0.2) is 9.79 Å². The van der Waals surface area contributed by atoms with Gasteiger partial charge in [-0.3, -0.25) is 14.4 Å². The highest BCUT2D eigenvalue weighted by Gasteiger charge is 2.24. The van der Waals surface area contributed by atoms with Gasteiger partial charge in [-0.2, -0.15) is 0 Å². The Morgan fingerprint density at radius 1 is 0.909 bits per heavy atom. The normalized spacial score (nSPS) is 11.2. The lowest BCUT2D eigenvalue weighted by Gasteiger charge is -2.10. The van der Waals surface area contributed by atoms with Crippen molar-refractivity contribution in [3.05, 3.63) is 59.7 Å². The molecule has 0 aromatic heterocycles. The zero-order valence-corrected chi connectivity index (χ0v) is 17.5. The summed E-state index contributed by atoms with van der Waals surface area (Å²) in [6.45, 7) is -0.0144. The van der Waals surface area contributed by atoms with Crippen LogP contribution in [0.4, 0.5) is 5.69 Å². The van der Waals surface area contributed by atoms with Crippen molar-refractivity contribution >= 4 is 35.5 Å². The molecule has 2 aromatic carbocycles. The van der Waals surface area contributed by atoms with E-state index in [1.807, 2.05) is 0 Å². The summed E-state index contributed by atoms with van der Waals surface area (Å²) in [5.74, 6) is -5.16. The smallest absolute Gasteiger partial charge is 0.343 e. The van der Waals surface area contributed by atoms with Crippen molar-refractivity contribution in [3.8, 4) is 5.75 Å². The van der Waals surface area contributed by atoms with E-state index in [0.29, 0.717) is 23.4 Å². The van der Waals surface area contributed by atoms with Gasteiger partial charge in [0, 0.05) is 6.42 Å². The Labute approximate surface area is 188 Å². The summed E-state index contributed by atoms with van der Waals surface area (Å²) in [6.07, 6.45) is -0.850. The number of nitrogens with two attached hydrogens (primary N) is 2. The molecule has 2 aromatic rings. The van der Waals surface area contributed by atoms with E-state index in [4.69, 9.17) is 31.2 Å². The van der Waals surface area contributed by atoms with Gasteiger partial charge >= 0.3 is 23.9 Å². The zero-order valence-electron chi connectivity index (χ0n) is 17.5. The van der Waals surface area contributed by atoms with Crippen molar-refractivity contribution in [1.29, 1.82) is 0 Å². The zero-order chi connectivity index (χ0) is 24.4. The van der Waals surface area contributed by atoms with E-state index < -0.39 is 42.6 Å². The third-order valence-corrected chi connectivity index (χ3v) is 4.33. The Morgan fingerprint density at radius 2 is 1.55 bits per heavy atom. The van der Waals surface area contributed by atoms with Crippen LogP contribution in [0.25, 0.3) is 0 Å². The van der Waals surface area contributed by atoms with Crippen LogP contribution in [0.1, 0.15) is 28.8 Å². The van der Waals surface area contributed by atoms with Crippen LogP contribution in [0.2, 0.25) is 0 Å². The molecule has 33 heavy (non-hydrogen) atoms. The van der Waals surface area contributed by atoms with Crippen LogP contribution in [-0.2, 0) is 25.5 Å². The lowest BCUT2D eigenvalue weighted by atomic mass is 10.0. The number of carboxylic acid groups (broad SMARTS) is 2. The second-order valence-corrected chi connectivity index (χ2v) is 6.92. The highest BCUT2D eigenvalue weighted by molar-refractivity contribution is 5.91. The maximum Gasteiger partial charge on any atom is 0.343 e. The molecule has 0 aliphatic carbocycles. The van der Waals surface area contributed by atoms with Gasteiger partial charge in [-0.15, -0.1) is 0 Å². The fourth-order valence-corrected chi connectivity index (χ4v) is 2.71. The van der Waals surface area contributed by atoms with E-state index in [1.165, 1.54) is 12.1 Å². The number of carbonyl (C=O) groups excluding carboxylic acids is 2. The molecular formula is C22H23N3O8. The van der Waals surface area contributed by atoms with E-state index in [-0.39, 0.29) is 12.6 Å². The summed E-state index contributed by atoms with van der Waals surface area (Å²) in [6, 6.07) is 12.7. The van der Waals surface area contributed by atoms with Gasteiger partial charge < -0.3 is 31.2 Å². The molecule has 174 valence electrons. The van der Waals surface area contributed by atoms with Gasteiger partial charge in [-0.1, -0.05) is 12.1 Å². The number of aliphatic carboxylic acids is 2. The molecular weight excluding hydrogens is 434 g/mol. The van der Waals surface area contributed by atoms with Gasteiger partial charge in [0.25, 0.3) is 0 Å². The predicted octanol–water partition coefficient (Wildman–Crippen LogP) is 1.46. The van der Waals surface area contributed by atoms with Gasteiger partial charge in [0.1, 0.15) is 5.75 Å². The van der Waals surface area contributed by atoms with Gasteiger partial charge in [0.05, 0.1) is 36.6 Å². The lowest BCUT2D eigenvalue weighted by molar-refractivity contribution is -0.154. The van der Waals surface area contributed by atoms with E-state index in [9.17, 15) is 19.2 Å². The number of hydrogen-bond donors (Lipinski definition) is 4. The lowest BCUT2D eigenvalue weighted by Crippen LogP contribution is -2.22. The number of benzene rings is 2. The maximum atomic E-state index is 12.2. The van der Waals surface area contributed by atoms with Crippen molar-refractivity contribution < 1.29 is 38.9 Å². The molecule has 11 heteroatoms. The Hall–Kier alpha value is -4.41. The number of hydrogen-bond acceptors (Lipinski definition) is 7. The van der Waals surface area contributed by atoms with Crippen LogP contribution >= 0.6 is 0 Å². The third-order valence-electron chi connectivity index (χ3n) is 4.33. The number of ether oxygens (including phenoxy) is 2. The van der Waals surface area contributed by atoms with E-state index in [2.05, 4.69) is 4.99 Å².